The van der Waals surface area contributed by atoms with Crippen molar-refractivity contribution in [3.8, 4) is 0 Å². The van der Waals surface area contributed by atoms with E-state index in [0.29, 0.717) is 0 Å². The molecule has 1 aliphatic rings. The van der Waals surface area contributed by atoms with Crippen LogP contribution in [0, 0.1) is 5.92 Å². The summed E-state index contributed by atoms with van der Waals surface area (Å²) in [6, 6.07) is 0.817. The average molecular weight is 240 g/mol. The van der Waals surface area contributed by atoms with Gasteiger partial charge in [0.05, 0.1) is 0 Å². The molecule has 1 N–H and O–H groups in total. The second kappa shape index (κ2) is 8.93. The molecule has 0 aromatic heterocycles. The van der Waals surface area contributed by atoms with Gasteiger partial charge in [-0.3, -0.25) is 0 Å². The monoisotopic (exact) mass is 240 g/mol. The molecular weight excluding hydrogens is 208 g/mol. The van der Waals surface area contributed by atoms with Crippen molar-refractivity contribution < 1.29 is 0 Å². The van der Waals surface area contributed by atoms with E-state index in [-0.39, 0.29) is 0 Å². The van der Waals surface area contributed by atoms with Crippen molar-refractivity contribution in [2.24, 2.45) is 5.92 Å². The van der Waals surface area contributed by atoms with Crippen LogP contribution >= 0.6 is 0 Å². The zero-order valence-corrected chi connectivity index (χ0v) is 12.2. The van der Waals surface area contributed by atoms with Gasteiger partial charge in [0.15, 0.2) is 0 Å². The standard InChI is InChI=1S/C15H32N2/c1-4-9-16-10-6-5-7-11-17-12-8-14(2)13-15(17)3/h14-16H,4-13H2,1-3H3. The first-order valence-electron chi connectivity index (χ1n) is 7.68. The van der Waals surface area contributed by atoms with Crippen molar-refractivity contribution in [2.45, 2.75) is 65.3 Å². The number of nitrogens with zero attached hydrogens (tertiary/aromatic N) is 1. The molecule has 0 aliphatic carbocycles. The maximum absolute atomic E-state index is 3.47. The van der Waals surface area contributed by atoms with E-state index in [4.69, 9.17) is 0 Å². The summed E-state index contributed by atoms with van der Waals surface area (Å²) in [6.07, 6.45) is 8.17. The number of hydrogen-bond donors (Lipinski definition) is 1. The minimum atomic E-state index is 0.817. The van der Waals surface area contributed by atoms with Crippen molar-refractivity contribution in [1.29, 1.82) is 0 Å². The van der Waals surface area contributed by atoms with Crippen LogP contribution in [0.25, 0.3) is 0 Å². The Bertz CT molecular complexity index is 182. The Labute approximate surface area is 108 Å². The summed E-state index contributed by atoms with van der Waals surface area (Å²) >= 11 is 0. The van der Waals surface area contributed by atoms with Crippen LogP contribution in [0.3, 0.4) is 0 Å². The first-order valence-corrected chi connectivity index (χ1v) is 7.68. The lowest BCUT2D eigenvalue weighted by Crippen LogP contribution is -2.40. The molecule has 0 aromatic carbocycles. The Hall–Kier alpha value is -0.0800. The van der Waals surface area contributed by atoms with Gasteiger partial charge in [0.2, 0.25) is 0 Å². The van der Waals surface area contributed by atoms with Crippen LogP contribution in [0.1, 0.15) is 59.3 Å². The molecule has 102 valence electrons. The van der Waals surface area contributed by atoms with Crippen LogP contribution in [-0.4, -0.2) is 37.1 Å². The molecule has 17 heavy (non-hydrogen) atoms. The lowest BCUT2D eigenvalue weighted by atomic mass is 9.93. The molecule has 1 heterocycles. The van der Waals surface area contributed by atoms with Crippen LogP contribution in [-0.2, 0) is 0 Å². The van der Waals surface area contributed by atoms with E-state index in [2.05, 4.69) is 31.0 Å². The Balaban J connectivity index is 1.95. The van der Waals surface area contributed by atoms with Crippen molar-refractivity contribution in [2.75, 3.05) is 26.2 Å². The molecule has 0 bridgehead atoms. The summed E-state index contributed by atoms with van der Waals surface area (Å²) in [5, 5.41) is 3.47. The van der Waals surface area contributed by atoms with Gasteiger partial charge in [0.25, 0.3) is 0 Å². The Morgan fingerprint density at radius 2 is 1.94 bits per heavy atom. The highest BCUT2D eigenvalue weighted by molar-refractivity contribution is 4.76. The number of nitrogens with one attached hydrogen (secondary N) is 1. The number of unbranched alkanes of at least 4 members (excludes halogenated alkanes) is 2. The second-order valence-corrected chi connectivity index (χ2v) is 5.83. The predicted octanol–water partition coefficient (Wildman–Crippen LogP) is 3.28. The normalized spacial score (nSPS) is 26.3. The molecule has 0 aromatic rings. The molecular formula is C15H32N2. The van der Waals surface area contributed by atoms with Gasteiger partial charge < -0.3 is 10.2 Å². The summed E-state index contributed by atoms with van der Waals surface area (Å²) in [5.74, 6) is 0.944. The number of piperidine rings is 1. The smallest absolute Gasteiger partial charge is 0.00694 e. The average Bonchev–Trinajstić information content (AvgIpc) is 2.30. The predicted molar refractivity (Wildman–Crippen MR) is 76.4 cm³/mol. The molecule has 0 spiro atoms. The SMILES string of the molecule is CCCNCCCCCN1CCC(C)CC1C. The molecule has 0 saturated carbocycles. The number of rotatable bonds is 8. The summed E-state index contributed by atoms with van der Waals surface area (Å²) < 4.78 is 0. The molecule has 1 rings (SSSR count). The molecule has 0 amide bonds. The first kappa shape index (κ1) is 15.0. The quantitative estimate of drug-likeness (QED) is 0.655. The van der Waals surface area contributed by atoms with Gasteiger partial charge in [-0.2, -0.15) is 0 Å². The fourth-order valence-electron chi connectivity index (χ4n) is 2.83. The third-order valence-electron chi connectivity index (χ3n) is 4.00. The largest absolute Gasteiger partial charge is 0.317 e. The third-order valence-corrected chi connectivity index (χ3v) is 4.00. The Kier molecular flexibility index (Phi) is 7.87. The fraction of sp³-hybridized carbons (Fsp3) is 1.00. The van der Waals surface area contributed by atoms with Crippen LogP contribution in [0.2, 0.25) is 0 Å². The van der Waals surface area contributed by atoms with Crippen LogP contribution in [0.5, 0.6) is 0 Å². The number of likely N-dealkylation sites (tertiary alicyclic amines) is 1. The van der Waals surface area contributed by atoms with E-state index in [9.17, 15) is 0 Å². The molecule has 1 fully saturated rings. The zero-order chi connectivity index (χ0) is 12.5. The Morgan fingerprint density at radius 1 is 1.12 bits per heavy atom. The molecule has 1 aliphatic heterocycles. The van der Waals surface area contributed by atoms with E-state index >= 15 is 0 Å². The lowest BCUT2D eigenvalue weighted by Gasteiger charge is -2.36. The highest BCUT2D eigenvalue weighted by Gasteiger charge is 2.21. The molecule has 2 nitrogen and oxygen atoms in total. The van der Waals surface area contributed by atoms with Crippen molar-refractivity contribution >= 4 is 0 Å². The minimum absolute atomic E-state index is 0.817. The fourth-order valence-corrected chi connectivity index (χ4v) is 2.83. The summed E-state index contributed by atoms with van der Waals surface area (Å²) in [4.78, 5) is 2.69. The summed E-state index contributed by atoms with van der Waals surface area (Å²) in [7, 11) is 0. The highest BCUT2D eigenvalue weighted by atomic mass is 15.2. The summed E-state index contributed by atoms with van der Waals surface area (Å²) in [5.41, 5.74) is 0. The highest BCUT2D eigenvalue weighted by Crippen LogP contribution is 2.22. The third kappa shape index (κ3) is 6.42. The van der Waals surface area contributed by atoms with Crippen LogP contribution < -0.4 is 5.32 Å². The van der Waals surface area contributed by atoms with E-state index in [1.807, 2.05) is 0 Å². The van der Waals surface area contributed by atoms with Gasteiger partial charge in [-0.1, -0.05) is 20.3 Å². The van der Waals surface area contributed by atoms with E-state index < -0.39 is 0 Å². The van der Waals surface area contributed by atoms with Crippen LogP contribution in [0.4, 0.5) is 0 Å². The van der Waals surface area contributed by atoms with Gasteiger partial charge in [-0.25, -0.2) is 0 Å². The van der Waals surface area contributed by atoms with Gasteiger partial charge in [0.1, 0.15) is 0 Å². The summed E-state index contributed by atoms with van der Waals surface area (Å²) in [6.45, 7) is 12.1. The van der Waals surface area contributed by atoms with Crippen molar-refractivity contribution in [3.05, 3.63) is 0 Å². The van der Waals surface area contributed by atoms with Crippen LogP contribution in [0.15, 0.2) is 0 Å². The topological polar surface area (TPSA) is 15.3 Å². The molecule has 1 saturated heterocycles. The van der Waals surface area contributed by atoms with E-state index in [1.54, 1.807) is 0 Å². The molecule has 2 unspecified atom stereocenters. The van der Waals surface area contributed by atoms with E-state index in [0.717, 1.165) is 12.0 Å². The first-order chi connectivity index (χ1) is 8.24. The maximum Gasteiger partial charge on any atom is 0.00694 e. The van der Waals surface area contributed by atoms with Gasteiger partial charge in [-0.15, -0.1) is 0 Å². The van der Waals surface area contributed by atoms with Crippen molar-refractivity contribution in [3.63, 3.8) is 0 Å². The maximum atomic E-state index is 3.47. The molecule has 2 atom stereocenters. The van der Waals surface area contributed by atoms with Gasteiger partial charge in [0, 0.05) is 6.04 Å². The second-order valence-electron chi connectivity index (χ2n) is 5.83. The molecule has 0 radical (unpaired) electrons. The van der Waals surface area contributed by atoms with Crippen molar-refractivity contribution in [1.82, 2.24) is 10.2 Å². The van der Waals surface area contributed by atoms with Gasteiger partial charge >= 0.3 is 0 Å². The lowest BCUT2D eigenvalue weighted by molar-refractivity contribution is 0.127. The molecule has 2 heteroatoms. The minimum Gasteiger partial charge on any atom is -0.317 e. The van der Waals surface area contributed by atoms with E-state index in [1.165, 1.54) is 64.7 Å². The number of hydrogen-bond acceptors (Lipinski definition) is 2. The Morgan fingerprint density at radius 3 is 2.65 bits per heavy atom. The van der Waals surface area contributed by atoms with Gasteiger partial charge in [-0.05, 0) is 71.1 Å². The zero-order valence-electron chi connectivity index (χ0n) is 12.2.